The van der Waals surface area contributed by atoms with E-state index in [0.29, 0.717) is 11.5 Å². The quantitative estimate of drug-likeness (QED) is 0.496. The van der Waals surface area contributed by atoms with Gasteiger partial charge in [-0.2, -0.15) is 0 Å². The minimum absolute atomic E-state index is 0.137. The third kappa shape index (κ3) is 2.61. The van der Waals surface area contributed by atoms with E-state index in [1.54, 1.807) is 6.07 Å². The summed E-state index contributed by atoms with van der Waals surface area (Å²) >= 11 is 3.12. The third-order valence-electron chi connectivity index (χ3n) is 4.12. The third-order valence-corrected chi connectivity index (χ3v) is 4.93. The summed E-state index contributed by atoms with van der Waals surface area (Å²) in [6, 6.07) is 10.7. The Morgan fingerprint density at radius 2 is 2.00 bits per heavy atom. The molecule has 0 spiro atoms. The zero-order valence-electron chi connectivity index (χ0n) is 11.2. The fraction of sp³-hybridized carbons (Fsp3) is 0.250. The summed E-state index contributed by atoms with van der Waals surface area (Å²) in [5.74, 6) is 4.27. The van der Waals surface area contributed by atoms with Gasteiger partial charge in [0.25, 0.3) is 0 Å². The molecule has 2 aromatic carbocycles. The number of fused-ring (bicyclic) bond motifs is 1. The molecule has 2 unspecified atom stereocenters. The molecular weight excluding hydrogens is 338 g/mol. The fourth-order valence-electron chi connectivity index (χ4n) is 2.95. The molecule has 110 valence electrons. The largest absolute Gasteiger partial charge is 0.271 e. The normalized spacial score (nSPS) is 18.0. The summed E-state index contributed by atoms with van der Waals surface area (Å²) in [6.45, 7) is 0. The second-order valence-corrected chi connectivity index (χ2v) is 6.11. The molecule has 0 saturated heterocycles. The van der Waals surface area contributed by atoms with Gasteiger partial charge in [-0.25, -0.2) is 8.78 Å². The summed E-state index contributed by atoms with van der Waals surface area (Å²) in [5, 5.41) is 0. The predicted octanol–water partition coefficient (Wildman–Crippen LogP) is 3.96. The van der Waals surface area contributed by atoms with Crippen LogP contribution < -0.4 is 11.3 Å². The Bertz CT molecular complexity index is 675. The van der Waals surface area contributed by atoms with Crippen molar-refractivity contribution in [2.24, 2.45) is 5.84 Å². The number of benzene rings is 2. The van der Waals surface area contributed by atoms with E-state index in [4.69, 9.17) is 5.84 Å². The lowest BCUT2D eigenvalue weighted by Crippen LogP contribution is -2.32. The van der Waals surface area contributed by atoms with Gasteiger partial charge < -0.3 is 0 Å². The van der Waals surface area contributed by atoms with E-state index in [9.17, 15) is 8.78 Å². The first kappa shape index (κ1) is 14.6. The summed E-state index contributed by atoms with van der Waals surface area (Å²) in [7, 11) is 0. The van der Waals surface area contributed by atoms with Crippen molar-refractivity contribution in [3.63, 3.8) is 0 Å². The van der Waals surface area contributed by atoms with Crippen molar-refractivity contribution in [2.45, 2.75) is 24.8 Å². The average molecular weight is 353 g/mol. The number of nitrogens with one attached hydrogen (secondary N) is 1. The number of hydrazine groups is 1. The van der Waals surface area contributed by atoms with E-state index in [-0.39, 0.29) is 10.5 Å². The Labute approximate surface area is 130 Å². The molecule has 2 aromatic rings. The highest BCUT2D eigenvalue weighted by molar-refractivity contribution is 9.10. The molecule has 0 bridgehead atoms. The standard InChI is InChI=1S/C16H15BrF2N2/c17-15-12(5-6-13(18)16(15)19)14(21-20)8-10-7-9-3-1-2-4-11(9)10/h1-6,10,14,21H,7-8,20H2. The molecule has 2 atom stereocenters. The van der Waals surface area contributed by atoms with Crippen LogP contribution >= 0.6 is 15.9 Å². The Kier molecular flexibility index (Phi) is 4.06. The molecule has 2 nitrogen and oxygen atoms in total. The molecule has 0 radical (unpaired) electrons. The maximum absolute atomic E-state index is 13.7. The number of hydrogen-bond acceptors (Lipinski definition) is 2. The van der Waals surface area contributed by atoms with Crippen LogP contribution in [-0.4, -0.2) is 0 Å². The van der Waals surface area contributed by atoms with Crippen LogP contribution in [0, 0.1) is 11.6 Å². The van der Waals surface area contributed by atoms with Crippen LogP contribution in [0.1, 0.15) is 35.1 Å². The summed E-state index contributed by atoms with van der Waals surface area (Å²) in [6.07, 6.45) is 1.74. The molecule has 1 aliphatic carbocycles. The van der Waals surface area contributed by atoms with Gasteiger partial charge in [0.2, 0.25) is 0 Å². The van der Waals surface area contributed by atoms with E-state index in [1.165, 1.54) is 11.1 Å². The summed E-state index contributed by atoms with van der Waals surface area (Å²) in [4.78, 5) is 0. The van der Waals surface area contributed by atoms with Crippen LogP contribution in [0.5, 0.6) is 0 Å². The van der Waals surface area contributed by atoms with Crippen LogP contribution in [-0.2, 0) is 6.42 Å². The van der Waals surface area contributed by atoms with Crippen molar-refractivity contribution in [2.75, 3.05) is 0 Å². The van der Waals surface area contributed by atoms with E-state index >= 15 is 0 Å². The lowest BCUT2D eigenvalue weighted by Gasteiger charge is -2.33. The number of nitrogens with two attached hydrogens (primary N) is 1. The molecule has 0 aliphatic heterocycles. The first-order valence-electron chi connectivity index (χ1n) is 6.79. The van der Waals surface area contributed by atoms with Gasteiger partial charge >= 0.3 is 0 Å². The second kappa shape index (κ2) is 5.83. The van der Waals surface area contributed by atoms with Crippen molar-refractivity contribution in [3.8, 4) is 0 Å². The maximum atomic E-state index is 13.7. The average Bonchev–Trinajstić information content (AvgIpc) is 2.47. The second-order valence-electron chi connectivity index (χ2n) is 5.32. The highest BCUT2D eigenvalue weighted by atomic mass is 79.9. The molecule has 0 aromatic heterocycles. The topological polar surface area (TPSA) is 38.0 Å². The van der Waals surface area contributed by atoms with Crippen LogP contribution in [0.15, 0.2) is 40.9 Å². The smallest absolute Gasteiger partial charge is 0.173 e. The highest BCUT2D eigenvalue weighted by Gasteiger charge is 2.29. The molecule has 0 amide bonds. The van der Waals surface area contributed by atoms with Crippen molar-refractivity contribution in [1.29, 1.82) is 0 Å². The SMILES string of the molecule is NNC(CC1Cc2ccccc21)c1ccc(F)c(F)c1Br. The Morgan fingerprint density at radius 3 is 2.71 bits per heavy atom. The van der Waals surface area contributed by atoms with Crippen molar-refractivity contribution in [3.05, 3.63) is 69.2 Å². The molecule has 0 fully saturated rings. The Hall–Kier alpha value is -1.30. The van der Waals surface area contributed by atoms with Gasteiger partial charge in [0.1, 0.15) is 0 Å². The molecule has 5 heteroatoms. The highest BCUT2D eigenvalue weighted by Crippen LogP contribution is 2.41. The fourth-order valence-corrected chi connectivity index (χ4v) is 3.55. The van der Waals surface area contributed by atoms with Crippen LogP contribution in [0.3, 0.4) is 0 Å². The number of rotatable bonds is 4. The minimum Gasteiger partial charge on any atom is -0.271 e. The van der Waals surface area contributed by atoms with Crippen LogP contribution in [0.2, 0.25) is 0 Å². The molecule has 0 heterocycles. The molecular formula is C16H15BrF2N2. The minimum atomic E-state index is -0.873. The molecule has 1 aliphatic rings. The van der Waals surface area contributed by atoms with Gasteiger partial charge in [-0.15, -0.1) is 0 Å². The van der Waals surface area contributed by atoms with E-state index in [2.05, 4.69) is 33.5 Å². The van der Waals surface area contributed by atoms with E-state index in [1.807, 2.05) is 12.1 Å². The van der Waals surface area contributed by atoms with Crippen LogP contribution in [0.4, 0.5) is 8.78 Å². The summed E-state index contributed by atoms with van der Waals surface area (Å²) in [5.41, 5.74) is 6.02. The number of hydrogen-bond donors (Lipinski definition) is 2. The first-order valence-corrected chi connectivity index (χ1v) is 7.58. The lowest BCUT2D eigenvalue weighted by atomic mass is 9.74. The molecule has 3 N–H and O–H groups in total. The maximum Gasteiger partial charge on any atom is 0.173 e. The van der Waals surface area contributed by atoms with Crippen molar-refractivity contribution < 1.29 is 8.78 Å². The molecule has 21 heavy (non-hydrogen) atoms. The first-order chi connectivity index (χ1) is 10.1. The van der Waals surface area contributed by atoms with Gasteiger partial charge in [-0.05, 0) is 57.4 Å². The Morgan fingerprint density at radius 1 is 1.24 bits per heavy atom. The molecule has 0 saturated carbocycles. The van der Waals surface area contributed by atoms with E-state index < -0.39 is 11.6 Å². The van der Waals surface area contributed by atoms with E-state index in [0.717, 1.165) is 18.9 Å². The summed E-state index contributed by atoms with van der Waals surface area (Å²) < 4.78 is 27.0. The monoisotopic (exact) mass is 352 g/mol. The zero-order valence-corrected chi connectivity index (χ0v) is 12.8. The number of halogens is 3. The van der Waals surface area contributed by atoms with Gasteiger partial charge in [-0.3, -0.25) is 11.3 Å². The lowest BCUT2D eigenvalue weighted by molar-refractivity contribution is 0.428. The van der Waals surface area contributed by atoms with Gasteiger partial charge in [0.05, 0.1) is 4.47 Å². The van der Waals surface area contributed by atoms with Crippen molar-refractivity contribution >= 4 is 15.9 Å². The molecule has 3 rings (SSSR count). The van der Waals surface area contributed by atoms with Crippen LogP contribution in [0.25, 0.3) is 0 Å². The Balaban J connectivity index is 1.83. The predicted molar refractivity (Wildman–Crippen MR) is 81.6 cm³/mol. The van der Waals surface area contributed by atoms with Gasteiger partial charge in [0, 0.05) is 6.04 Å². The van der Waals surface area contributed by atoms with Gasteiger partial charge in [0.15, 0.2) is 11.6 Å². The zero-order chi connectivity index (χ0) is 15.0. The van der Waals surface area contributed by atoms with Crippen molar-refractivity contribution in [1.82, 2.24) is 5.43 Å². The van der Waals surface area contributed by atoms with Gasteiger partial charge in [-0.1, -0.05) is 30.3 Å².